The number of pyridine rings is 1. The van der Waals surface area contributed by atoms with Crippen molar-refractivity contribution in [2.24, 2.45) is 0 Å². The molecule has 0 N–H and O–H groups in total. The van der Waals surface area contributed by atoms with Crippen molar-refractivity contribution in [1.29, 1.82) is 0 Å². The first-order chi connectivity index (χ1) is 24.9. The van der Waals surface area contributed by atoms with Crippen LogP contribution >= 0.6 is 11.8 Å². The summed E-state index contributed by atoms with van der Waals surface area (Å²) < 4.78 is 15.2. The maximum Gasteiger partial charge on any atom is 0.135 e. The first-order valence-electron chi connectivity index (χ1n) is 17.6. The van der Waals surface area contributed by atoms with Gasteiger partial charge >= 0.3 is 0 Å². The SMILES string of the molecule is CC(C)(C)c1ccc(N2C=CN(c3[c-]c(Sc4[c-]c5c(cc4)-c4ccccc4-c4ccc(F)cc4N5c4cc(C(C)(C)C)ccn4)ccc3)[CH-]2)cc1.[Pt]. The van der Waals surface area contributed by atoms with Crippen molar-refractivity contribution in [3.05, 3.63) is 164 Å². The van der Waals surface area contributed by atoms with Crippen molar-refractivity contribution < 1.29 is 25.5 Å². The molecule has 2 aliphatic heterocycles. The Morgan fingerprint density at radius 1 is 0.642 bits per heavy atom. The molecule has 4 nitrogen and oxygen atoms in total. The Hall–Kier alpha value is -4.64. The van der Waals surface area contributed by atoms with Gasteiger partial charge in [-0.25, -0.2) is 9.37 Å². The molecule has 0 saturated heterocycles. The zero-order valence-corrected chi connectivity index (χ0v) is 33.7. The normalized spacial score (nSPS) is 13.6. The van der Waals surface area contributed by atoms with E-state index < -0.39 is 0 Å². The predicted molar refractivity (Wildman–Crippen MR) is 214 cm³/mol. The van der Waals surface area contributed by atoms with Crippen LogP contribution in [0.4, 0.5) is 33.0 Å². The Kier molecular flexibility index (Phi) is 9.90. The summed E-state index contributed by atoms with van der Waals surface area (Å²) in [5, 5.41) is 0. The van der Waals surface area contributed by atoms with Gasteiger partial charge in [-0.3, -0.25) is 0 Å². The van der Waals surface area contributed by atoms with Crippen LogP contribution in [-0.4, -0.2) is 4.98 Å². The van der Waals surface area contributed by atoms with Crippen LogP contribution in [0.15, 0.2) is 138 Å². The van der Waals surface area contributed by atoms with Crippen molar-refractivity contribution in [2.75, 3.05) is 14.7 Å². The Morgan fingerprint density at radius 2 is 1.32 bits per heavy atom. The predicted octanol–water partition coefficient (Wildman–Crippen LogP) is 12.6. The van der Waals surface area contributed by atoms with Gasteiger partial charge < -0.3 is 14.7 Å². The van der Waals surface area contributed by atoms with Crippen LogP contribution in [0.1, 0.15) is 52.7 Å². The molecule has 0 fully saturated rings. The standard InChI is InChI=1S/C46H40FN4S.Pt/c1-45(2,3)31-14-17-34(18-15-31)49-24-25-50(30-49)35-10-9-11-36(28-35)52-37-19-21-41-39-13-8-7-12-38(39)40-20-16-33(47)27-42(40)51(43(41)29-37)44-26-32(22-23-48-44)46(4,5)6;/h7-27,30H,1-6H3;/q-3;. The number of rotatable bonds is 5. The maximum absolute atomic E-state index is 15.2. The molecule has 0 spiro atoms. The summed E-state index contributed by atoms with van der Waals surface area (Å²) in [6.45, 7) is 15.3. The van der Waals surface area contributed by atoms with E-state index in [1.54, 1.807) is 17.8 Å². The molecule has 0 amide bonds. The van der Waals surface area contributed by atoms with Gasteiger partial charge in [0.25, 0.3) is 0 Å². The number of nitrogens with zero attached hydrogens (tertiary/aromatic N) is 4. The average Bonchev–Trinajstić information content (AvgIpc) is 3.59. The van der Waals surface area contributed by atoms with Crippen molar-refractivity contribution in [1.82, 2.24) is 4.98 Å². The van der Waals surface area contributed by atoms with Gasteiger partial charge in [-0.2, -0.15) is 30.3 Å². The number of aromatic nitrogens is 1. The molecule has 0 bridgehead atoms. The van der Waals surface area contributed by atoms with E-state index in [1.165, 1.54) is 11.6 Å². The fraction of sp³-hybridized carbons (Fsp3) is 0.174. The molecule has 2 aliphatic rings. The number of hydrogen-bond acceptors (Lipinski definition) is 5. The minimum absolute atomic E-state index is 0. The number of hydrogen-bond donors (Lipinski definition) is 0. The monoisotopic (exact) mass is 894 g/mol. The molecule has 0 saturated carbocycles. The van der Waals surface area contributed by atoms with E-state index in [-0.39, 0.29) is 37.7 Å². The fourth-order valence-electron chi connectivity index (χ4n) is 6.70. The maximum atomic E-state index is 15.2. The first-order valence-corrected chi connectivity index (χ1v) is 18.4. The van der Waals surface area contributed by atoms with E-state index in [1.807, 2.05) is 18.3 Å². The Labute approximate surface area is 331 Å². The second kappa shape index (κ2) is 14.3. The Bertz CT molecular complexity index is 2320. The van der Waals surface area contributed by atoms with Gasteiger partial charge in [-0.05, 0) is 82.4 Å². The van der Waals surface area contributed by atoms with E-state index in [0.29, 0.717) is 5.82 Å². The van der Waals surface area contributed by atoms with Crippen LogP contribution in [0, 0.1) is 24.6 Å². The number of fused-ring (bicyclic) bond motifs is 5. The van der Waals surface area contributed by atoms with E-state index in [0.717, 1.165) is 60.4 Å². The zero-order chi connectivity index (χ0) is 36.2. The van der Waals surface area contributed by atoms with Gasteiger partial charge in [-0.1, -0.05) is 89.2 Å². The van der Waals surface area contributed by atoms with E-state index in [4.69, 9.17) is 4.98 Å². The molecular formula is C46H40FN4PtS-3. The van der Waals surface area contributed by atoms with Gasteiger partial charge in [-0.15, -0.1) is 51.6 Å². The molecule has 6 aromatic rings. The van der Waals surface area contributed by atoms with E-state index in [9.17, 15) is 0 Å². The van der Waals surface area contributed by atoms with Crippen molar-refractivity contribution in [3.8, 4) is 22.3 Å². The number of benzene rings is 5. The third-order valence-corrected chi connectivity index (χ3v) is 10.5. The molecule has 0 radical (unpaired) electrons. The number of anilines is 5. The second-order valence-corrected chi connectivity index (χ2v) is 16.4. The van der Waals surface area contributed by atoms with E-state index >= 15 is 4.39 Å². The van der Waals surface area contributed by atoms with Crippen molar-refractivity contribution >= 4 is 40.3 Å². The van der Waals surface area contributed by atoms with Crippen molar-refractivity contribution in [2.45, 2.75) is 62.2 Å². The molecule has 270 valence electrons. The van der Waals surface area contributed by atoms with Gasteiger partial charge in [0.15, 0.2) is 0 Å². The molecule has 8 rings (SSSR count). The molecule has 53 heavy (non-hydrogen) atoms. The van der Waals surface area contributed by atoms with Crippen molar-refractivity contribution in [3.63, 3.8) is 0 Å². The van der Waals surface area contributed by atoms with Crippen LogP contribution in [0.2, 0.25) is 0 Å². The summed E-state index contributed by atoms with van der Waals surface area (Å²) >= 11 is 1.60. The summed E-state index contributed by atoms with van der Waals surface area (Å²) in [5.41, 5.74) is 10.1. The van der Waals surface area contributed by atoms with Crippen LogP contribution in [0.5, 0.6) is 0 Å². The largest absolute Gasteiger partial charge is 0.500 e. The smallest absolute Gasteiger partial charge is 0.135 e. The molecule has 7 heteroatoms. The molecule has 0 aliphatic carbocycles. The molecule has 0 atom stereocenters. The molecule has 0 unspecified atom stereocenters. The number of halogens is 1. The van der Waals surface area contributed by atoms with Gasteiger partial charge in [0.1, 0.15) is 11.6 Å². The molecule has 3 heterocycles. The van der Waals surface area contributed by atoms with Crippen LogP contribution in [0.25, 0.3) is 22.3 Å². The summed E-state index contributed by atoms with van der Waals surface area (Å²) in [7, 11) is 0. The average molecular weight is 895 g/mol. The third kappa shape index (κ3) is 7.32. The molecule has 5 aromatic carbocycles. The molecular weight excluding hydrogens is 855 g/mol. The van der Waals surface area contributed by atoms with Crippen LogP contribution in [0.3, 0.4) is 0 Å². The fourth-order valence-corrected chi connectivity index (χ4v) is 7.52. The first kappa shape index (κ1) is 36.7. The molecule has 1 aromatic heterocycles. The Morgan fingerprint density at radius 3 is 2.06 bits per heavy atom. The quantitative estimate of drug-likeness (QED) is 0.160. The van der Waals surface area contributed by atoms with Gasteiger partial charge in [0.05, 0.1) is 5.69 Å². The minimum Gasteiger partial charge on any atom is -0.500 e. The van der Waals surface area contributed by atoms with Gasteiger partial charge in [0.2, 0.25) is 0 Å². The summed E-state index contributed by atoms with van der Waals surface area (Å²) in [5.74, 6) is 0.413. The minimum atomic E-state index is -0.304. The summed E-state index contributed by atoms with van der Waals surface area (Å²) in [6, 6.07) is 44.1. The zero-order valence-electron chi connectivity index (χ0n) is 30.6. The van der Waals surface area contributed by atoms with Gasteiger partial charge in [0, 0.05) is 38.5 Å². The third-order valence-electron chi connectivity index (χ3n) is 9.59. The van der Waals surface area contributed by atoms with Crippen LogP contribution < -0.4 is 14.7 Å². The second-order valence-electron chi connectivity index (χ2n) is 15.3. The van der Waals surface area contributed by atoms with E-state index in [2.05, 4.69) is 172 Å². The Balaban J connectivity index is 0.00000435. The summed E-state index contributed by atoms with van der Waals surface area (Å²) in [4.78, 5) is 13.0. The van der Waals surface area contributed by atoms with Crippen LogP contribution in [-0.2, 0) is 31.9 Å². The summed E-state index contributed by atoms with van der Waals surface area (Å²) in [6.07, 6.45) is 5.96. The topological polar surface area (TPSA) is 22.6 Å².